The summed E-state index contributed by atoms with van der Waals surface area (Å²) in [6, 6.07) is 21.5. The molecule has 6 heteroatoms. The summed E-state index contributed by atoms with van der Waals surface area (Å²) in [6.45, 7) is 0.515. The van der Waals surface area contributed by atoms with Gasteiger partial charge < -0.3 is 4.74 Å². The Morgan fingerprint density at radius 2 is 1.72 bits per heavy atom. The zero-order valence-electron chi connectivity index (χ0n) is 16.0. The quantitative estimate of drug-likeness (QED) is 0.477. The highest BCUT2D eigenvalue weighted by molar-refractivity contribution is 8.01. The van der Waals surface area contributed by atoms with Crippen LogP contribution in [0.3, 0.4) is 0 Å². The highest BCUT2D eigenvalue weighted by Gasteiger charge is 2.37. The molecule has 148 valence electrons. The predicted molar refractivity (Wildman–Crippen MR) is 117 cm³/mol. The third-order valence-electron chi connectivity index (χ3n) is 5.62. The van der Waals surface area contributed by atoms with Crippen LogP contribution in [0.1, 0.15) is 22.1 Å². The van der Waals surface area contributed by atoms with Crippen molar-refractivity contribution in [3.05, 3.63) is 83.4 Å². The number of nitrogens with zero attached hydrogens (tertiary/aromatic N) is 1. The topological polar surface area (TPSA) is 46.6 Å². The SMILES string of the molecule is COc1ccc(C2SCCN2S(=O)(=O)c2ccc3c(c2)Cc2ccccc2-3)cc1. The van der Waals surface area contributed by atoms with Crippen LogP contribution in [-0.2, 0) is 16.4 Å². The van der Waals surface area contributed by atoms with E-state index in [1.807, 2.05) is 48.5 Å². The number of methoxy groups -OCH3 is 1. The number of rotatable bonds is 4. The molecular formula is C23H21NO3S2. The molecule has 0 aromatic heterocycles. The molecule has 1 unspecified atom stereocenters. The molecule has 29 heavy (non-hydrogen) atoms. The Balaban J connectivity index is 1.48. The van der Waals surface area contributed by atoms with Crippen LogP contribution in [0.2, 0.25) is 0 Å². The highest BCUT2D eigenvalue weighted by Crippen LogP contribution is 2.43. The number of sulfonamides is 1. The second-order valence-electron chi connectivity index (χ2n) is 7.26. The lowest BCUT2D eigenvalue weighted by molar-refractivity contribution is 0.413. The fraction of sp³-hybridized carbons (Fsp3) is 0.217. The van der Waals surface area contributed by atoms with E-state index in [1.165, 1.54) is 11.1 Å². The van der Waals surface area contributed by atoms with Crippen molar-refractivity contribution in [2.75, 3.05) is 19.4 Å². The molecule has 1 aliphatic carbocycles. The Bertz CT molecular complexity index is 1170. The maximum atomic E-state index is 13.5. The second kappa shape index (κ2) is 7.20. The van der Waals surface area contributed by atoms with Crippen molar-refractivity contribution in [1.29, 1.82) is 0 Å². The molecule has 0 amide bonds. The van der Waals surface area contributed by atoms with Crippen LogP contribution >= 0.6 is 11.8 Å². The van der Waals surface area contributed by atoms with E-state index < -0.39 is 10.0 Å². The largest absolute Gasteiger partial charge is 0.497 e. The summed E-state index contributed by atoms with van der Waals surface area (Å²) in [4.78, 5) is 0.380. The number of hydrogen-bond acceptors (Lipinski definition) is 4. The predicted octanol–water partition coefficient (Wildman–Crippen LogP) is 4.70. The normalized spacial score (nSPS) is 18.4. The Morgan fingerprint density at radius 1 is 0.966 bits per heavy atom. The van der Waals surface area contributed by atoms with Crippen LogP contribution in [0.5, 0.6) is 5.75 Å². The molecule has 0 saturated carbocycles. The lowest BCUT2D eigenvalue weighted by Gasteiger charge is -2.24. The van der Waals surface area contributed by atoms with Gasteiger partial charge in [0.1, 0.15) is 5.75 Å². The minimum atomic E-state index is -3.58. The number of fused-ring (bicyclic) bond motifs is 3. The smallest absolute Gasteiger partial charge is 0.244 e. The average molecular weight is 424 g/mol. The van der Waals surface area contributed by atoms with Gasteiger partial charge in [-0.3, -0.25) is 0 Å². The van der Waals surface area contributed by atoms with Crippen LogP contribution in [0.4, 0.5) is 0 Å². The molecule has 1 atom stereocenters. The molecule has 0 radical (unpaired) electrons. The molecule has 1 aliphatic heterocycles. The molecule has 0 spiro atoms. The molecular weight excluding hydrogens is 402 g/mol. The molecule has 3 aromatic rings. The molecule has 3 aromatic carbocycles. The third kappa shape index (κ3) is 3.16. The molecule has 0 N–H and O–H groups in total. The third-order valence-corrected chi connectivity index (χ3v) is 8.88. The van der Waals surface area contributed by atoms with E-state index in [0.29, 0.717) is 11.4 Å². The monoisotopic (exact) mass is 423 g/mol. The van der Waals surface area contributed by atoms with Gasteiger partial charge in [-0.2, -0.15) is 4.31 Å². The first kappa shape index (κ1) is 18.7. The van der Waals surface area contributed by atoms with Gasteiger partial charge in [-0.1, -0.05) is 42.5 Å². The van der Waals surface area contributed by atoms with Crippen LogP contribution < -0.4 is 4.74 Å². The summed E-state index contributed by atoms with van der Waals surface area (Å²) in [5.41, 5.74) is 5.66. The van der Waals surface area contributed by atoms with E-state index in [4.69, 9.17) is 4.74 Å². The van der Waals surface area contributed by atoms with Crippen molar-refractivity contribution in [1.82, 2.24) is 4.31 Å². The molecule has 2 aliphatic rings. The Kier molecular flexibility index (Phi) is 4.65. The van der Waals surface area contributed by atoms with Gasteiger partial charge in [0.2, 0.25) is 10.0 Å². The molecule has 1 saturated heterocycles. The second-order valence-corrected chi connectivity index (χ2v) is 10.3. The fourth-order valence-electron chi connectivity index (χ4n) is 4.15. The van der Waals surface area contributed by atoms with E-state index >= 15 is 0 Å². The van der Waals surface area contributed by atoms with Crippen molar-refractivity contribution in [2.24, 2.45) is 0 Å². The van der Waals surface area contributed by atoms with Crippen molar-refractivity contribution in [3.63, 3.8) is 0 Å². The molecule has 0 bridgehead atoms. The fourth-order valence-corrected chi connectivity index (χ4v) is 7.44. The van der Waals surface area contributed by atoms with Crippen molar-refractivity contribution < 1.29 is 13.2 Å². The van der Waals surface area contributed by atoms with Crippen molar-refractivity contribution in [3.8, 4) is 16.9 Å². The molecule has 5 rings (SSSR count). The number of benzene rings is 3. The Labute approximate surface area is 175 Å². The van der Waals surface area contributed by atoms with Gasteiger partial charge in [-0.15, -0.1) is 11.8 Å². The highest BCUT2D eigenvalue weighted by atomic mass is 32.2. The molecule has 1 heterocycles. The number of hydrogen-bond donors (Lipinski definition) is 0. The summed E-state index contributed by atoms with van der Waals surface area (Å²) >= 11 is 1.66. The maximum absolute atomic E-state index is 13.5. The standard InChI is InChI=1S/C23H21NO3S2/c1-27-19-8-6-16(7-9-19)23-24(12-13-28-23)29(25,26)20-10-11-22-18(15-20)14-17-4-2-3-5-21(17)22/h2-11,15,23H,12-14H2,1H3. The maximum Gasteiger partial charge on any atom is 0.244 e. The van der Waals surface area contributed by atoms with Gasteiger partial charge in [-0.25, -0.2) is 8.42 Å². The summed E-state index contributed by atoms with van der Waals surface area (Å²) in [5, 5.41) is -0.212. The molecule has 1 fully saturated rings. The van der Waals surface area contributed by atoms with E-state index in [2.05, 4.69) is 12.1 Å². The van der Waals surface area contributed by atoms with Gasteiger partial charge in [-0.05, 0) is 58.5 Å². The Hall–Kier alpha value is -2.28. The Morgan fingerprint density at radius 3 is 2.52 bits per heavy atom. The van der Waals surface area contributed by atoms with E-state index in [1.54, 1.807) is 29.2 Å². The van der Waals surface area contributed by atoms with Crippen LogP contribution in [0.25, 0.3) is 11.1 Å². The lowest BCUT2D eigenvalue weighted by atomic mass is 10.1. The minimum absolute atomic E-state index is 0.212. The average Bonchev–Trinajstić information content (AvgIpc) is 3.38. The number of thioether (sulfide) groups is 1. The summed E-state index contributed by atoms with van der Waals surface area (Å²) in [5.74, 6) is 1.55. The first-order chi connectivity index (χ1) is 14.1. The van der Waals surface area contributed by atoms with E-state index in [0.717, 1.165) is 34.6 Å². The van der Waals surface area contributed by atoms with Gasteiger partial charge in [0.15, 0.2) is 0 Å². The van der Waals surface area contributed by atoms with Crippen LogP contribution in [0, 0.1) is 0 Å². The summed E-state index contributed by atoms with van der Waals surface area (Å²) in [7, 11) is -1.95. The minimum Gasteiger partial charge on any atom is -0.497 e. The lowest BCUT2D eigenvalue weighted by Crippen LogP contribution is -2.30. The van der Waals surface area contributed by atoms with Gasteiger partial charge >= 0.3 is 0 Å². The van der Waals surface area contributed by atoms with E-state index in [-0.39, 0.29) is 5.37 Å². The zero-order valence-corrected chi connectivity index (χ0v) is 17.7. The first-order valence-corrected chi connectivity index (χ1v) is 12.1. The molecule has 4 nitrogen and oxygen atoms in total. The number of ether oxygens (including phenoxy) is 1. The van der Waals surface area contributed by atoms with Gasteiger partial charge in [0, 0.05) is 12.3 Å². The van der Waals surface area contributed by atoms with E-state index in [9.17, 15) is 8.42 Å². The summed E-state index contributed by atoms with van der Waals surface area (Å²) in [6.07, 6.45) is 0.783. The zero-order chi connectivity index (χ0) is 20.0. The van der Waals surface area contributed by atoms with Gasteiger partial charge in [0.25, 0.3) is 0 Å². The first-order valence-electron chi connectivity index (χ1n) is 9.56. The summed E-state index contributed by atoms with van der Waals surface area (Å²) < 4.78 is 33.9. The van der Waals surface area contributed by atoms with Crippen molar-refractivity contribution >= 4 is 21.8 Å². The van der Waals surface area contributed by atoms with Crippen LogP contribution in [-0.4, -0.2) is 32.1 Å². The van der Waals surface area contributed by atoms with Gasteiger partial charge in [0.05, 0.1) is 17.4 Å². The van der Waals surface area contributed by atoms with Crippen LogP contribution in [0.15, 0.2) is 71.6 Å². The van der Waals surface area contributed by atoms with Crippen molar-refractivity contribution in [2.45, 2.75) is 16.7 Å².